The second-order valence-corrected chi connectivity index (χ2v) is 6.90. The summed E-state index contributed by atoms with van der Waals surface area (Å²) in [6, 6.07) is 9.71. The lowest BCUT2D eigenvalue weighted by Crippen LogP contribution is -2.41. The number of hydrogen-bond acceptors (Lipinski definition) is 3. The van der Waals surface area contributed by atoms with Crippen LogP contribution in [0, 0.1) is 17.2 Å². The molecular formula is C16H20BrN3. The predicted octanol–water partition coefficient (Wildman–Crippen LogP) is 3.61. The van der Waals surface area contributed by atoms with Gasteiger partial charge in [0.05, 0.1) is 11.3 Å². The number of nitriles is 1. The van der Waals surface area contributed by atoms with Gasteiger partial charge in [0.25, 0.3) is 0 Å². The zero-order valence-electron chi connectivity index (χ0n) is 11.8. The van der Waals surface area contributed by atoms with Gasteiger partial charge in [0.15, 0.2) is 0 Å². The molecule has 0 amide bonds. The number of piperidine rings is 1. The van der Waals surface area contributed by atoms with Gasteiger partial charge in [-0.05, 0) is 66.7 Å². The summed E-state index contributed by atoms with van der Waals surface area (Å²) >= 11 is 3.44. The van der Waals surface area contributed by atoms with E-state index in [2.05, 4.69) is 39.3 Å². The van der Waals surface area contributed by atoms with Crippen molar-refractivity contribution >= 4 is 21.6 Å². The zero-order chi connectivity index (χ0) is 14.1. The molecule has 2 fully saturated rings. The standard InChI is InChI=1S/C16H20BrN3/c1-20-12-5-6-13(20)8-11(7-12)10-19-16-4-2-3-15(17)14(16)9-18/h2-4,11-13,19H,5-8,10H2,1H3. The summed E-state index contributed by atoms with van der Waals surface area (Å²) in [4.78, 5) is 2.57. The summed E-state index contributed by atoms with van der Waals surface area (Å²) in [7, 11) is 2.27. The van der Waals surface area contributed by atoms with Crippen molar-refractivity contribution < 1.29 is 0 Å². The number of anilines is 1. The SMILES string of the molecule is CN1C2CCC1CC(CNc1cccc(Br)c1C#N)C2. The summed E-state index contributed by atoms with van der Waals surface area (Å²) in [6.07, 6.45) is 5.29. The molecule has 2 atom stereocenters. The van der Waals surface area contributed by atoms with Gasteiger partial charge in [-0.1, -0.05) is 6.07 Å². The molecule has 2 aliphatic rings. The molecule has 3 nitrogen and oxygen atoms in total. The Morgan fingerprint density at radius 1 is 1.35 bits per heavy atom. The molecule has 0 aromatic heterocycles. The van der Waals surface area contributed by atoms with Crippen molar-refractivity contribution in [1.29, 1.82) is 5.26 Å². The molecule has 2 saturated heterocycles. The number of fused-ring (bicyclic) bond motifs is 2. The van der Waals surface area contributed by atoms with Crippen LogP contribution < -0.4 is 5.32 Å². The maximum Gasteiger partial charge on any atom is 0.103 e. The lowest BCUT2D eigenvalue weighted by atomic mass is 9.91. The van der Waals surface area contributed by atoms with Crippen LogP contribution in [0.3, 0.4) is 0 Å². The fourth-order valence-corrected chi connectivity index (χ4v) is 4.19. The topological polar surface area (TPSA) is 39.1 Å². The van der Waals surface area contributed by atoms with Crippen molar-refractivity contribution in [2.24, 2.45) is 5.92 Å². The van der Waals surface area contributed by atoms with Gasteiger partial charge >= 0.3 is 0 Å². The highest BCUT2D eigenvalue weighted by Gasteiger charge is 2.38. The summed E-state index contributed by atoms with van der Waals surface area (Å²) in [5.41, 5.74) is 1.66. The molecule has 1 N–H and O–H groups in total. The van der Waals surface area contributed by atoms with Crippen LogP contribution in [0.25, 0.3) is 0 Å². The highest BCUT2D eigenvalue weighted by atomic mass is 79.9. The van der Waals surface area contributed by atoms with Gasteiger partial charge in [-0.15, -0.1) is 0 Å². The molecule has 106 valence electrons. The first-order valence-electron chi connectivity index (χ1n) is 7.33. The van der Waals surface area contributed by atoms with Gasteiger partial charge in [0, 0.05) is 23.1 Å². The molecule has 0 radical (unpaired) electrons. The van der Waals surface area contributed by atoms with Gasteiger partial charge in [0.1, 0.15) is 6.07 Å². The lowest BCUT2D eigenvalue weighted by Gasteiger charge is -2.36. The van der Waals surface area contributed by atoms with E-state index in [1.165, 1.54) is 25.7 Å². The Kier molecular flexibility index (Phi) is 4.00. The number of nitrogens with one attached hydrogen (secondary N) is 1. The van der Waals surface area contributed by atoms with Crippen LogP contribution in [0.15, 0.2) is 22.7 Å². The summed E-state index contributed by atoms with van der Waals surface area (Å²) in [5.74, 6) is 0.731. The first-order valence-corrected chi connectivity index (χ1v) is 8.12. The Balaban J connectivity index is 1.64. The third kappa shape index (κ3) is 2.57. The molecule has 3 rings (SSSR count). The Morgan fingerprint density at radius 3 is 2.70 bits per heavy atom. The molecule has 1 aromatic carbocycles. The van der Waals surface area contributed by atoms with E-state index in [1.54, 1.807) is 0 Å². The predicted molar refractivity (Wildman–Crippen MR) is 84.6 cm³/mol. The highest BCUT2D eigenvalue weighted by Crippen LogP contribution is 2.37. The molecule has 0 spiro atoms. The molecule has 0 saturated carbocycles. The van der Waals surface area contributed by atoms with Crippen molar-refractivity contribution in [1.82, 2.24) is 4.90 Å². The van der Waals surface area contributed by atoms with Gasteiger partial charge in [-0.2, -0.15) is 5.26 Å². The van der Waals surface area contributed by atoms with Crippen LogP contribution in [0.5, 0.6) is 0 Å². The minimum atomic E-state index is 0.711. The smallest absolute Gasteiger partial charge is 0.103 e. The van der Waals surface area contributed by atoms with E-state index in [9.17, 15) is 5.26 Å². The van der Waals surface area contributed by atoms with E-state index in [-0.39, 0.29) is 0 Å². The van der Waals surface area contributed by atoms with Crippen molar-refractivity contribution in [3.05, 3.63) is 28.2 Å². The van der Waals surface area contributed by atoms with Crippen molar-refractivity contribution in [3.63, 3.8) is 0 Å². The van der Waals surface area contributed by atoms with E-state index in [1.807, 2.05) is 18.2 Å². The molecule has 20 heavy (non-hydrogen) atoms. The zero-order valence-corrected chi connectivity index (χ0v) is 13.4. The number of hydrogen-bond donors (Lipinski definition) is 1. The average Bonchev–Trinajstić information content (AvgIpc) is 2.66. The molecule has 4 heteroatoms. The number of benzene rings is 1. The number of rotatable bonds is 3. The highest BCUT2D eigenvalue weighted by molar-refractivity contribution is 9.10. The Morgan fingerprint density at radius 2 is 2.05 bits per heavy atom. The molecule has 2 aliphatic heterocycles. The molecule has 2 bridgehead atoms. The van der Waals surface area contributed by atoms with Gasteiger partial charge < -0.3 is 10.2 Å². The van der Waals surface area contributed by atoms with Crippen LogP contribution in [-0.2, 0) is 0 Å². The van der Waals surface area contributed by atoms with E-state index < -0.39 is 0 Å². The van der Waals surface area contributed by atoms with E-state index in [0.29, 0.717) is 5.56 Å². The van der Waals surface area contributed by atoms with E-state index >= 15 is 0 Å². The molecule has 2 unspecified atom stereocenters. The molecular weight excluding hydrogens is 314 g/mol. The molecule has 2 heterocycles. The third-order valence-corrected chi connectivity index (χ3v) is 5.56. The first-order chi connectivity index (χ1) is 9.69. The van der Waals surface area contributed by atoms with Crippen molar-refractivity contribution in [2.75, 3.05) is 18.9 Å². The Labute approximate surface area is 129 Å². The lowest BCUT2D eigenvalue weighted by molar-refractivity contribution is 0.139. The van der Waals surface area contributed by atoms with Crippen LogP contribution in [0.1, 0.15) is 31.2 Å². The molecule has 0 aliphatic carbocycles. The second kappa shape index (κ2) is 5.75. The fourth-order valence-electron chi connectivity index (χ4n) is 3.73. The normalized spacial score (nSPS) is 29.1. The Bertz CT molecular complexity index is 523. The number of halogens is 1. The Hall–Kier alpha value is -1.05. The third-order valence-electron chi connectivity index (χ3n) is 4.90. The van der Waals surface area contributed by atoms with Crippen LogP contribution in [0.4, 0.5) is 5.69 Å². The number of nitrogens with zero attached hydrogens (tertiary/aromatic N) is 2. The fraction of sp³-hybridized carbons (Fsp3) is 0.562. The summed E-state index contributed by atoms with van der Waals surface area (Å²) < 4.78 is 0.869. The summed E-state index contributed by atoms with van der Waals surface area (Å²) in [6.45, 7) is 0.978. The van der Waals surface area contributed by atoms with Crippen LogP contribution >= 0.6 is 15.9 Å². The van der Waals surface area contributed by atoms with Crippen molar-refractivity contribution in [2.45, 2.75) is 37.8 Å². The van der Waals surface area contributed by atoms with E-state index in [0.717, 1.165) is 34.7 Å². The minimum absolute atomic E-state index is 0.711. The maximum absolute atomic E-state index is 9.24. The van der Waals surface area contributed by atoms with Crippen LogP contribution in [-0.4, -0.2) is 30.6 Å². The van der Waals surface area contributed by atoms with Gasteiger partial charge in [0.2, 0.25) is 0 Å². The largest absolute Gasteiger partial charge is 0.384 e. The first kappa shape index (κ1) is 13.9. The average molecular weight is 334 g/mol. The second-order valence-electron chi connectivity index (χ2n) is 6.04. The van der Waals surface area contributed by atoms with Gasteiger partial charge in [-0.3, -0.25) is 0 Å². The van der Waals surface area contributed by atoms with Crippen LogP contribution in [0.2, 0.25) is 0 Å². The minimum Gasteiger partial charge on any atom is -0.384 e. The maximum atomic E-state index is 9.24. The van der Waals surface area contributed by atoms with E-state index in [4.69, 9.17) is 0 Å². The van der Waals surface area contributed by atoms with Gasteiger partial charge in [-0.25, -0.2) is 0 Å². The monoisotopic (exact) mass is 333 g/mol. The quantitative estimate of drug-likeness (QED) is 0.918. The summed E-state index contributed by atoms with van der Waals surface area (Å²) in [5, 5.41) is 12.7. The van der Waals surface area contributed by atoms with Crippen molar-refractivity contribution in [3.8, 4) is 6.07 Å². The molecule has 1 aromatic rings.